The van der Waals surface area contributed by atoms with Crippen LogP contribution < -0.4 is 14.4 Å². The van der Waals surface area contributed by atoms with E-state index in [1.54, 1.807) is 20.3 Å². The molecule has 0 aliphatic carbocycles. The summed E-state index contributed by atoms with van der Waals surface area (Å²) in [4.78, 5) is 10.6. The van der Waals surface area contributed by atoms with Gasteiger partial charge in [-0.15, -0.1) is 0 Å². The van der Waals surface area contributed by atoms with Gasteiger partial charge >= 0.3 is 0 Å². The summed E-state index contributed by atoms with van der Waals surface area (Å²) in [6.07, 6.45) is -0.225. The second-order valence-corrected chi connectivity index (χ2v) is 4.39. The molecule has 7 heteroatoms. The summed E-state index contributed by atoms with van der Waals surface area (Å²) < 4.78 is 15.8. The molecule has 0 bridgehead atoms. The Kier molecular flexibility index (Phi) is 4.39. The third kappa shape index (κ3) is 3.05. The lowest BCUT2D eigenvalue weighted by Crippen LogP contribution is -2.50. The van der Waals surface area contributed by atoms with E-state index in [0.717, 1.165) is 0 Å². The fourth-order valence-electron chi connectivity index (χ4n) is 1.94. The van der Waals surface area contributed by atoms with Gasteiger partial charge in [0, 0.05) is 6.54 Å². The standard InChI is InChI=1S/C12H19N3O4/c1-8-7-19-9(6-16)5-15(8)12-13-10(17-2)4-11(14-12)18-3/h4,8-9,16H,5-7H2,1-3H3. The fourth-order valence-corrected chi connectivity index (χ4v) is 1.94. The van der Waals surface area contributed by atoms with Crippen molar-refractivity contribution in [3.05, 3.63) is 6.07 Å². The Bertz CT molecular complexity index is 407. The number of hydrogen-bond acceptors (Lipinski definition) is 7. The molecule has 0 aromatic carbocycles. The highest BCUT2D eigenvalue weighted by molar-refractivity contribution is 5.38. The quantitative estimate of drug-likeness (QED) is 0.829. The summed E-state index contributed by atoms with van der Waals surface area (Å²) in [5.41, 5.74) is 0. The number of morpholine rings is 1. The van der Waals surface area contributed by atoms with Crippen molar-refractivity contribution in [2.45, 2.75) is 19.1 Å². The van der Waals surface area contributed by atoms with Crippen LogP contribution in [0.5, 0.6) is 11.8 Å². The Hall–Kier alpha value is -1.60. The molecule has 1 aromatic heterocycles. The molecule has 1 aliphatic heterocycles. The largest absolute Gasteiger partial charge is 0.481 e. The van der Waals surface area contributed by atoms with Crippen molar-refractivity contribution in [1.29, 1.82) is 0 Å². The molecule has 2 rings (SSSR count). The van der Waals surface area contributed by atoms with Crippen LogP contribution in [0, 0.1) is 0 Å². The number of aliphatic hydroxyl groups excluding tert-OH is 1. The van der Waals surface area contributed by atoms with E-state index >= 15 is 0 Å². The monoisotopic (exact) mass is 269 g/mol. The number of aliphatic hydroxyl groups is 1. The lowest BCUT2D eigenvalue weighted by molar-refractivity contribution is -0.0109. The molecule has 2 heterocycles. The maximum atomic E-state index is 9.20. The highest BCUT2D eigenvalue weighted by atomic mass is 16.5. The van der Waals surface area contributed by atoms with Gasteiger partial charge in [0.2, 0.25) is 17.7 Å². The van der Waals surface area contributed by atoms with Crippen LogP contribution in [0.15, 0.2) is 6.07 Å². The number of methoxy groups -OCH3 is 2. The van der Waals surface area contributed by atoms with Crippen molar-refractivity contribution in [2.24, 2.45) is 0 Å². The number of nitrogens with zero attached hydrogens (tertiary/aromatic N) is 3. The number of rotatable bonds is 4. The Labute approximate surface area is 112 Å². The number of hydrogen-bond donors (Lipinski definition) is 1. The van der Waals surface area contributed by atoms with E-state index in [-0.39, 0.29) is 18.8 Å². The van der Waals surface area contributed by atoms with E-state index in [9.17, 15) is 5.11 Å². The topological polar surface area (TPSA) is 76.9 Å². The zero-order valence-electron chi connectivity index (χ0n) is 11.4. The van der Waals surface area contributed by atoms with Gasteiger partial charge in [0.05, 0.1) is 45.6 Å². The van der Waals surface area contributed by atoms with Crippen LogP contribution in [0.4, 0.5) is 5.95 Å². The molecule has 0 saturated carbocycles. The average Bonchev–Trinajstić information content (AvgIpc) is 2.47. The van der Waals surface area contributed by atoms with Crippen molar-refractivity contribution in [3.63, 3.8) is 0 Å². The molecule has 2 unspecified atom stereocenters. The van der Waals surface area contributed by atoms with Crippen molar-refractivity contribution >= 4 is 5.95 Å². The minimum Gasteiger partial charge on any atom is -0.481 e. The number of anilines is 1. The van der Waals surface area contributed by atoms with Crippen LogP contribution in [-0.4, -0.2) is 61.2 Å². The molecule has 1 aromatic rings. The van der Waals surface area contributed by atoms with Crippen LogP contribution >= 0.6 is 0 Å². The van der Waals surface area contributed by atoms with E-state index in [0.29, 0.717) is 30.9 Å². The first-order valence-electron chi connectivity index (χ1n) is 6.14. The predicted molar refractivity (Wildman–Crippen MR) is 68.8 cm³/mol. The van der Waals surface area contributed by atoms with E-state index < -0.39 is 0 Å². The highest BCUT2D eigenvalue weighted by Crippen LogP contribution is 2.23. The van der Waals surface area contributed by atoms with Gasteiger partial charge in [-0.3, -0.25) is 0 Å². The molecule has 7 nitrogen and oxygen atoms in total. The number of ether oxygens (including phenoxy) is 3. The lowest BCUT2D eigenvalue weighted by atomic mass is 10.2. The molecule has 1 N–H and O–H groups in total. The molecule has 19 heavy (non-hydrogen) atoms. The van der Waals surface area contributed by atoms with Gasteiger partial charge in [0.15, 0.2) is 0 Å². The van der Waals surface area contributed by atoms with Gasteiger partial charge in [-0.25, -0.2) is 0 Å². The molecule has 0 spiro atoms. The Morgan fingerprint density at radius 1 is 1.37 bits per heavy atom. The second-order valence-electron chi connectivity index (χ2n) is 4.39. The zero-order valence-corrected chi connectivity index (χ0v) is 11.4. The third-order valence-electron chi connectivity index (χ3n) is 3.05. The maximum Gasteiger partial charge on any atom is 0.232 e. The summed E-state index contributed by atoms with van der Waals surface area (Å²) in [6.45, 7) is 3.05. The fraction of sp³-hybridized carbons (Fsp3) is 0.667. The maximum absolute atomic E-state index is 9.20. The van der Waals surface area contributed by atoms with E-state index in [1.165, 1.54) is 0 Å². The second kappa shape index (κ2) is 6.03. The van der Waals surface area contributed by atoms with Gasteiger partial charge in [-0.05, 0) is 6.92 Å². The Morgan fingerprint density at radius 2 is 2.00 bits per heavy atom. The van der Waals surface area contributed by atoms with Crippen molar-refractivity contribution in [3.8, 4) is 11.8 Å². The zero-order chi connectivity index (χ0) is 13.8. The average molecular weight is 269 g/mol. The molecule has 1 saturated heterocycles. The predicted octanol–water partition coefficient (Wildman–Crippen LogP) is 0.0798. The minimum absolute atomic E-state index is 0.0235. The van der Waals surface area contributed by atoms with E-state index in [2.05, 4.69) is 9.97 Å². The van der Waals surface area contributed by atoms with Crippen molar-refractivity contribution in [1.82, 2.24) is 9.97 Å². The normalized spacial score (nSPS) is 23.3. The first-order chi connectivity index (χ1) is 9.17. The van der Waals surface area contributed by atoms with Crippen LogP contribution in [0.3, 0.4) is 0 Å². The highest BCUT2D eigenvalue weighted by Gasteiger charge is 2.28. The van der Waals surface area contributed by atoms with E-state index in [1.807, 2.05) is 11.8 Å². The van der Waals surface area contributed by atoms with Crippen LogP contribution in [0.25, 0.3) is 0 Å². The molecule has 2 atom stereocenters. The van der Waals surface area contributed by atoms with Crippen molar-refractivity contribution < 1.29 is 19.3 Å². The number of aromatic nitrogens is 2. The van der Waals surface area contributed by atoms with Crippen LogP contribution in [0.1, 0.15) is 6.92 Å². The van der Waals surface area contributed by atoms with Gasteiger partial charge in [-0.2, -0.15) is 9.97 Å². The van der Waals surface area contributed by atoms with Crippen LogP contribution in [0.2, 0.25) is 0 Å². The molecule has 1 fully saturated rings. The third-order valence-corrected chi connectivity index (χ3v) is 3.05. The Morgan fingerprint density at radius 3 is 2.53 bits per heavy atom. The first kappa shape index (κ1) is 13.8. The summed E-state index contributed by atoms with van der Waals surface area (Å²) >= 11 is 0. The van der Waals surface area contributed by atoms with E-state index in [4.69, 9.17) is 14.2 Å². The first-order valence-corrected chi connectivity index (χ1v) is 6.14. The lowest BCUT2D eigenvalue weighted by Gasteiger charge is -2.37. The SMILES string of the molecule is COc1cc(OC)nc(N2CC(CO)OCC2C)n1. The molecular formula is C12H19N3O4. The van der Waals surface area contributed by atoms with Gasteiger partial charge < -0.3 is 24.2 Å². The molecule has 106 valence electrons. The van der Waals surface area contributed by atoms with Crippen LogP contribution in [-0.2, 0) is 4.74 Å². The molecule has 1 aliphatic rings. The van der Waals surface area contributed by atoms with Crippen molar-refractivity contribution in [2.75, 3.05) is 38.9 Å². The molecule has 0 amide bonds. The summed E-state index contributed by atoms with van der Waals surface area (Å²) in [5, 5.41) is 9.20. The summed E-state index contributed by atoms with van der Waals surface area (Å²) in [6, 6.07) is 1.75. The molecular weight excluding hydrogens is 250 g/mol. The summed E-state index contributed by atoms with van der Waals surface area (Å²) in [7, 11) is 3.09. The smallest absolute Gasteiger partial charge is 0.232 e. The van der Waals surface area contributed by atoms with Gasteiger partial charge in [-0.1, -0.05) is 0 Å². The Balaban J connectivity index is 2.27. The molecule has 0 radical (unpaired) electrons. The van der Waals surface area contributed by atoms with Gasteiger partial charge in [0.25, 0.3) is 0 Å². The summed E-state index contributed by atoms with van der Waals surface area (Å²) in [5.74, 6) is 1.41. The van der Waals surface area contributed by atoms with Gasteiger partial charge in [0.1, 0.15) is 0 Å². The minimum atomic E-state index is -0.225.